The van der Waals surface area contributed by atoms with E-state index in [0.717, 1.165) is 11.3 Å². The first-order chi connectivity index (χ1) is 15.1. The summed E-state index contributed by atoms with van der Waals surface area (Å²) in [5, 5.41) is 11.2. The number of hydrogen-bond acceptors (Lipinski definition) is 6. The van der Waals surface area contributed by atoms with Crippen LogP contribution in [0.5, 0.6) is 0 Å². The number of furan rings is 1. The second kappa shape index (κ2) is 9.44. The van der Waals surface area contributed by atoms with E-state index in [-0.39, 0.29) is 11.7 Å². The molecule has 0 spiro atoms. The summed E-state index contributed by atoms with van der Waals surface area (Å²) < 4.78 is 7.25. The van der Waals surface area contributed by atoms with E-state index in [9.17, 15) is 9.59 Å². The molecule has 0 saturated carbocycles. The monoisotopic (exact) mass is 432 g/mol. The predicted molar refractivity (Wildman–Crippen MR) is 118 cm³/mol. The van der Waals surface area contributed by atoms with Crippen molar-refractivity contribution in [2.45, 2.75) is 23.9 Å². The molecule has 0 radical (unpaired) electrons. The molecule has 31 heavy (non-hydrogen) atoms. The van der Waals surface area contributed by atoms with Gasteiger partial charge in [-0.2, -0.15) is 0 Å². The lowest BCUT2D eigenvalue weighted by Gasteiger charge is -2.17. The summed E-state index contributed by atoms with van der Waals surface area (Å²) in [6.07, 6.45) is 3.23. The second-order valence-electron chi connectivity index (χ2n) is 6.86. The molecule has 4 aromatic rings. The molecule has 7 nitrogen and oxygen atoms in total. The van der Waals surface area contributed by atoms with E-state index in [1.807, 2.05) is 47.0 Å². The van der Waals surface area contributed by atoms with Gasteiger partial charge in [-0.05, 0) is 36.8 Å². The molecule has 0 aliphatic carbocycles. The van der Waals surface area contributed by atoms with Crippen LogP contribution >= 0.6 is 11.8 Å². The van der Waals surface area contributed by atoms with Crippen LogP contribution < -0.4 is 5.32 Å². The number of rotatable bonds is 8. The number of carbonyl (C=O) groups excluding carboxylic acids is 2. The minimum Gasteiger partial charge on any atom is -0.467 e. The average Bonchev–Trinajstić information content (AvgIpc) is 3.45. The van der Waals surface area contributed by atoms with Gasteiger partial charge in [-0.3, -0.25) is 9.59 Å². The highest BCUT2D eigenvalue weighted by Gasteiger charge is 2.25. The number of aromatic nitrogens is 3. The number of benzene rings is 2. The smallest absolute Gasteiger partial charge is 0.242 e. The summed E-state index contributed by atoms with van der Waals surface area (Å²) in [6.45, 7) is 1.96. The summed E-state index contributed by atoms with van der Waals surface area (Å²) in [4.78, 5) is 24.9. The maximum absolute atomic E-state index is 13.3. The molecule has 2 aromatic carbocycles. The zero-order chi connectivity index (χ0) is 21.6. The number of carbonyl (C=O) groups is 2. The summed E-state index contributed by atoms with van der Waals surface area (Å²) in [7, 11) is 0. The number of ketones is 1. The first kappa shape index (κ1) is 20.6. The number of anilines is 1. The maximum atomic E-state index is 13.3. The van der Waals surface area contributed by atoms with Crippen LogP contribution in [0.25, 0.3) is 0 Å². The van der Waals surface area contributed by atoms with Crippen molar-refractivity contribution in [3.05, 3.63) is 96.2 Å². The molecule has 2 aromatic heterocycles. The van der Waals surface area contributed by atoms with Crippen molar-refractivity contribution in [1.29, 1.82) is 0 Å². The van der Waals surface area contributed by atoms with Gasteiger partial charge in [0.2, 0.25) is 5.91 Å². The van der Waals surface area contributed by atoms with Crippen LogP contribution in [0, 0.1) is 0 Å². The SMILES string of the molecule is CC(=O)c1cccc(NC(=O)C(Sc2nncn2Cc2ccco2)c2ccccc2)c1. The molecule has 0 aliphatic rings. The molecular formula is C23H20N4O3S. The first-order valence-corrected chi connectivity index (χ1v) is 10.5. The van der Waals surface area contributed by atoms with Gasteiger partial charge in [-0.25, -0.2) is 0 Å². The van der Waals surface area contributed by atoms with Crippen LogP contribution in [0.4, 0.5) is 5.69 Å². The number of nitrogens with zero attached hydrogens (tertiary/aromatic N) is 3. The number of nitrogens with one attached hydrogen (secondary N) is 1. The van der Waals surface area contributed by atoms with Crippen molar-refractivity contribution in [3.8, 4) is 0 Å². The molecule has 0 fully saturated rings. The van der Waals surface area contributed by atoms with Crippen molar-refractivity contribution >= 4 is 29.1 Å². The van der Waals surface area contributed by atoms with Crippen LogP contribution in [-0.4, -0.2) is 26.5 Å². The van der Waals surface area contributed by atoms with E-state index in [2.05, 4.69) is 15.5 Å². The highest BCUT2D eigenvalue weighted by Crippen LogP contribution is 2.35. The topological polar surface area (TPSA) is 90.0 Å². The Balaban J connectivity index is 1.59. The highest BCUT2D eigenvalue weighted by molar-refractivity contribution is 8.00. The molecule has 8 heteroatoms. The molecule has 0 saturated heterocycles. The summed E-state index contributed by atoms with van der Waals surface area (Å²) in [5.74, 6) is 0.490. The Labute approximate surface area is 183 Å². The van der Waals surface area contributed by atoms with Crippen LogP contribution in [0.2, 0.25) is 0 Å². The minimum atomic E-state index is -0.568. The molecule has 156 valence electrons. The zero-order valence-electron chi connectivity index (χ0n) is 16.8. The van der Waals surface area contributed by atoms with E-state index in [1.54, 1.807) is 36.9 Å². The summed E-state index contributed by atoms with van der Waals surface area (Å²) in [6, 6.07) is 20.1. The third-order valence-electron chi connectivity index (χ3n) is 4.59. The van der Waals surface area contributed by atoms with Gasteiger partial charge in [0.15, 0.2) is 10.9 Å². The largest absolute Gasteiger partial charge is 0.467 e. The van der Waals surface area contributed by atoms with E-state index >= 15 is 0 Å². The Kier molecular flexibility index (Phi) is 6.28. The fourth-order valence-corrected chi connectivity index (χ4v) is 4.06. The fourth-order valence-electron chi connectivity index (χ4n) is 3.04. The molecule has 0 bridgehead atoms. The summed E-state index contributed by atoms with van der Waals surface area (Å²) >= 11 is 1.30. The first-order valence-electron chi connectivity index (χ1n) is 9.64. The van der Waals surface area contributed by atoms with E-state index in [0.29, 0.717) is 23.0 Å². The number of amides is 1. The van der Waals surface area contributed by atoms with Gasteiger partial charge in [0.25, 0.3) is 0 Å². The predicted octanol–water partition coefficient (Wildman–Crippen LogP) is 4.59. The number of thioether (sulfide) groups is 1. The van der Waals surface area contributed by atoms with Crippen molar-refractivity contribution in [3.63, 3.8) is 0 Å². The van der Waals surface area contributed by atoms with Gasteiger partial charge in [0.05, 0.1) is 12.8 Å². The van der Waals surface area contributed by atoms with E-state index in [1.165, 1.54) is 18.7 Å². The lowest BCUT2D eigenvalue weighted by atomic mass is 10.1. The van der Waals surface area contributed by atoms with Crippen LogP contribution in [0.3, 0.4) is 0 Å². The molecule has 1 N–H and O–H groups in total. The molecule has 0 aliphatic heterocycles. The van der Waals surface area contributed by atoms with Gasteiger partial charge >= 0.3 is 0 Å². The molecule has 1 amide bonds. The quantitative estimate of drug-likeness (QED) is 0.323. The van der Waals surface area contributed by atoms with Gasteiger partial charge in [0.1, 0.15) is 17.3 Å². The second-order valence-corrected chi connectivity index (χ2v) is 7.93. The lowest BCUT2D eigenvalue weighted by molar-refractivity contribution is -0.115. The zero-order valence-corrected chi connectivity index (χ0v) is 17.6. The summed E-state index contributed by atoms with van der Waals surface area (Å²) in [5.41, 5.74) is 1.94. The molecular weight excluding hydrogens is 412 g/mol. The van der Waals surface area contributed by atoms with Gasteiger partial charge < -0.3 is 14.3 Å². The van der Waals surface area contributed by atoms with Crippen molar-refractivity contribution < 1.29 is 14.0 Å². The maximum Gasteiger partial charge on any atom is 0.242 e. The minimum absolute atomic E-state index is 0.0592. The van der Waals surface area contributed by atoms with E-state index in [4.69, 9.17) is 4.42 Å². The Bertz CT molecular complexity index is 1170. The van der Waals surface area contributed by atoms with Gasteiger partial charge in [-0.15, -0.1) is 10.2 Å². The fraction of sp³-hybridized carbons (Fsp3) is 0.130. The van der Waals surface area contributed by atoms with Crippen molar-refractivity contribution in [2.75, 3.05) is 5.32 Å². The van der Waals surface area contributed by atoms with Crippen LogP contribution in [0.1, 0.15) is 33.9 Å². The normalized spacial score (nSPS) is 11.8. The average molecular weight is 433 g/mol. The molecule has 1 atom stereocenters. The Morgan fingerprint density at radius 2 is 1.94 bits per heavy atom. The van der Waals surface area contributed by atoms with Gasteiger partial charge in [-0.1, -0.05) is 54.2 Å². The third kappa shape index (κ3) is 5.10. The molecule has 1 unspecified atom stereocenters. The van der Waals surface area contributed by atoms with Crippen molar-refractivity contribution in [2.24, 2.45) is 0 Å². The standard InChI is InChI=1S/C23H20N4O3S/c1-16(28)18-9-5-10-19(13-18)25-22(29)21(17-7-3-2-4-8-17)31-23-26-24-15-27(23)14-20-11-6-12-30-20/h2-13,15,21H,14H2,1H3,(H,25,29). The van der Waals surface area contributed by atoms with Crippen LogP contribution in [-0.2, 0) is 11.3 Å². The molecule has 4 rings (SSSR count). The Morgan fingerprint density at radius 3 is 2.68 bits per heavy atom. The number of hydrogen-bond donors (Lipinski definition) is 1. The lowest BCUT2D eigenvalue weighted by Crippen LogP contribution is -2.19. The van der Waals surface area contributed by atoms with E-state index < -0.39 is 5.25 Å². The number of Topliss-reactive ketones (excluding diaryl/α,β-unsaturated/α-hetero) is 1. The molecule has 2 heterocycles. The highest BCUT2D eigenvalue weighted by atomic mass is 32.2. The van der Waals surface area contributed by atoms with Crippen LogP contribution in [0.15, 0.2) is 88.9 Å². The van der Waals surface area contributed by atoms with Crippen molar-refractivity contribution in [1.82, 2.24) is 14.8 Å². The van der Waals surface area contributed by atoms with Gasteiger partial charge in [0, 0.05) is 11.3 Å². The third-order valence-corrected chi connectivity index (χ3v) is 5.84. The Morgan fingerprint density at radius 1 is 1.10 bits per heavy atom. The Hall–Kier alpha value is -3.65.